The lowest BCUT2D eigenvalue weighted by molar-refractivity contribution is -0.132. The fourth-order valence-electron chi connectivity index (χ4n) is 4.50. The Hall–Kier alpha value is -4.30. The van der Waals surface area contributed by atoms with Gasteiger partial charge in [-0.2, -0.15) is 0 Å². The first-order chi connectivity index (χ1) is 18.4. The predicted octanol–water partition coefficient (Wildman–Crippen LogP) is 5.92. The number of aromatic nitrogens is 2. The Kier molecular flexibility index (Phi) is 7.07. The molecule has 0 spiro atoms. The second-order valence-corrected chi connectivity index (χ2v) is 10.3. The van der Waals surface area contributed by atoms with Gasteiger partial charge in [0.05, 0.1) is 11.6 Å². The molecule has 1 saturated heterocycles. The highest BCUT2D eigenvalue weighted by molar-refractivity contribution is 7.15. The van der Waals surface area contributed by atoms with E-state index in [4.69, 9.17) is 4.74 Å². The van der Waals surface area contributed by atoms with E-state index in [1.54, 1.807) is 31.2 Å². The molecule has 0 unspecified atom stereocenters. The molecule has 1 amide bonds. The molecule has 8 heteroatoms. The van der Waals surface area contributed by atoms with Crippen molar-refractivity contribution in [2.75, 3.05) is 4.90 Å². The van der Waals surface area contributed by atoms with Gasteiger partial charge in [-0.1, -0.05) is 72.4 Å². The van der Waals surface area contributed by atoms with Crippen molar-refractivity contribution in [3.63, 3.8) is 0 Å². The lowest BCUT2D eigenvalue weighted by Gasteiger charge is -2.22. The number of aliphatic hydroxyl groups excluding tert-OH is 1. The van der Waals surface area contributed by atoms with Crippen molar-refractivity contribution in [2.45, 2.75) is 39.8 Å². The van der Waals surface area contributed by atoms with Gasteiger partial charge in [-0.25, -0.2) is 0 Å². The molecule has 2 heterocycles. The molecule has 3 aromatic carbocycles. The van der Waals surface area contributed by atoms with E-state index in [2.05, 4.69) is 23.2 Å². The van der Waals surface area contributed by atoms with E-state index < -0.39 is 17.7 Å². The first-order valence-electron chi connectivity index (χ1n) is 12.3. The van der Waals surface area contributed by atoms with E-state index in [1.807, 2.05) is 49.4 Å². The summed E-state index contributed by atoms with van der Waals surface area (Å²) in [4.78, 5) is 27.8. The number of amides is 1. The number of Topliss-reactive ketones (excluding diaryl/α,β-unsaturated/α-hetero) is 1. The van der Waals surface area contributed by atoms with E-state index >= 15 is 0 Å². The van der Waals surface area contributed by atoms with Gasteiger partial charge in [0.25, 0.3) is 5.78 Å². The quantitative estimate of drug-likeness (QED) is 0.183. The molecule has 192 valence electrons. The summed E-state index contributed by atoms with van der Waals surface area (Å²) >= 11 is 1.22. The number of rotatable bonds is 7. The topological polar surface area (TPSA) is 92.6 Å². The summed E-state index contributed by atoms with van der Waals surface area (Å²) in [5.41, 5.74) is 4.46. The summed E-state index contributed by atoms with van der Waals surface area (Å²) in [6.07, 6.45) is 0.856. The number of aryl methyl sites for hydroxylation is 3. The van der Waals surface area contributed by atoms with Crippen LogP contribution in [0, 0.1) is 13.8 Å². The third kappa shape index (κ3) is 4.95. The minimum atomic E-state index is -0.828. The second kappa shape index (κ2) is 10.6. The van der Waals surface area contributed by atoms with Gasteiger partial charge in [-0.05, 0) is 61.2 Å². The van der Waals surface area contributed by atoms with Crippen molar-refractivity contribution in [3.05, 3.63) is 111 Å². The molecule has 1 aliphatic heterocycles. The molecule has 0 bridgehead atoms. The Labute approximate surface area is 225 Å². The highest BCUT2D eigenvalue weighted by atomic mass is 32.1. The standard InChI is InChI=1S/C30H27N3O4S/c1-4-20-8-10-22(11-9-20)26-25(28(35)29(36)33(26)30-32-31-19(3)38-30)27(34)23-12-14-24(15-13-23)37-17-21-7-5-6-18(2)16-21/h5-16,26,34H,4,17H2,1-3H3/b27-25+/t26-/m0/s1. The van der Waals surface area contributed by atoms with Gasteiger partial charge in [0.15, 0.2) is 0 Å². The fourth-order valence-corrected chi connectivity index (χ4v) is 5.21. The predicted molar refractivity (Wildman–Crippen MR) is 147 cm³/mol. The number of aliphatic hydroxyl groups is 1. The SMILES string of the molecule is CCc1ccc([C@H]2/C(=C(\O)c3ccc(OCc4cccc(C)c4)cc3)C(=O)C(=O)N2c2nnc(C)s2)cc1. The summed E-state index contributed by atoms with van der Waals surface area (Å²) in [6.45, 7) is 6.28. The number of ketones is 1. The van der Waals surface area contributed by atoms with Crippen LogP contribution in [0.5, 0.6) is 5.75 Å². The van der Waals surface area contributed by atoms with Gasteiger partial charge in [-0.15, -0.1) is 10.2 Å². The van der Waals surface area contributed by atoms with Crippen LogP contribution in [0.3, 0.4) is 0 Å². The van der Waals surface area contributed by atoms with E-state index in [9.17, 15) is 14.7 Å². The maximum absolute atomic E-state index is 13.3. The number of nitrogens with zero attached hydrogens (tertiary/aromatic N) is 3. The summed E-state index contributed by atoms with van der Waals surface area (Å²) in [5.74, 6) is -1.13. The van der Waals surface area contributed by atoms with Gasteiger partial charge in [0.1, 0.15) is 23.1 Å². The van der Waals surface area contributed by atoms with Crippen LogP contribution in [0.15, 0.2) is 78.4 Å². The largest absolute Gasteiger partial charge is 0.507 e. The molecule has 1 aromatic heterocycles. The number of carbonyl (C=O) groups excluding carboxylic acids is 2. The van der Waals surface area contributed by atoms with Crippen LogP contribution < -0.4 is 9.64 Å². The Bertz CT molecular complexity index is 1520. The van der Waals surface area contributed by atoms with Crippen molar-refractivity contribution in [1.82, 2.24) is 10.2 Å². The van der Waals surface area contributed by atoms with Crippen LogP contribution >= 0.6 is 11.3 Å². The normalized spacial score (nSPS) is 16.7. The molecule has 1 aliphatic rings. The molecule has 1 fully saturated rings. The minimum Gasteiger partial charge on any atom is -0.507 e. The van der Waals surface area contributed by atoms with Crippen LogP contribution in [0.25, 0.3) is 5.76 Å². The smallest absolute Gasteiger partial charge is 0.301 e. The average Bonchev–Trinajstić information content (AvgIpc) is 3.47. The molecule has 0 aliphatic carbocycles. The van der Waals surface area contributed by atoms with Crippen molar-refractivity contribution in [2.24, 2.45) is 0 Å². The number of benzene rings is 3. The van der Waals surface area contributed by atoms with E-state index in [-0.39, 0.29) is 11.3 Å². The minimum absolute atomic E-state index is 0.0144. The maximum atomic E-state index is 13.3. The van der Waals surface area contributed by atoms with E-state index in [1.165, 1.54) is 16.2 Å². The van der Waals surface area contributed by atoms with Gasteiger partial charge in [-0.3, -0.25) is 14.5 Å². The van der Waals surface area contributed by atoms with Crippen molar-refractivity contribution in [3.8, 4) is 5.75 Å². The number of hydrogen-bond acceptors (Lipinski definition) is 7. The summed E-state index contributed by atoms with van der Waals surface area (Å²) < 4.78 is 5.89. The van der Waals surface area contributed by atoms with Crippen molar-refractivity contribution < 1.29 is 19.4 Å². The number of ether oxygens (including phenoxy) is 1. The molecule has 0 radical (unpaired) electrons. The maximum Gasteiger partial charge on any atom is 0.301 e. The van der Waals surface area contributed by atoms with Gasteiger partial charge in [0.2, 0.25) is 5.13 Å². The number of anilines is 1. The van der Waals surface area contributed by atoms with Gasteiger partial charge in [0, 0.05) is 5.56 Å². The van der Waals surface area contributed by atoms with Crippen molar-refractivity contribution >= 4 is 33.9 Å². The Morgan fingerprint density at radius 3 is 2.34 bits per heavy atom. The molecule has 5 rings (SSSR count). The fraction of sp³-hybridized carbons (Fsp3) is 0.200. The monoisotopic (exact) mass is 525 g/mol. The van der Waals surface area contributed by atoms with E-state index in [0.29, 0.717) is 33.6 Å². The van der Waals surface area contributed by atoms with Gasteiger partial charge < -0.3 is 9.84 Å². The lowest BCUT2D eigenvalue weighted by atomic mass is 9.94. The Balaban J connectivity index is 1.50. The number of carbonyl (C=O) groups is 2. The molecule has 38 heavy (non-hydrogen) atoms. The highest BCUT2D eigenvalue weighted by Crippen LogP contribution is 2.43. The van der Waals surface area contributed by atoms with Crippen LogP contribution in [-0.2, 0) is 22.6 Å². The second-order valence-electron chi connectivity index (χ2n) is 9.17. The molecule has 1 atom stereocenters. The third-order valence-electron chi connectivity index (χ3n) is 6.49. The van der Waals surface area contributed by atoms with E-state index in [0.717, 1.165) is 23.1 Å². The first kappa shape index (κ1) is 25.4. The Morgan fingerprint density at radius 1 is 0.974 bits per heavy atom. The zero-order valence-corrected chi connectivity index (χ0v) is 22.2. The number of hydrogen-bond donors (Lipinski definition) is 1. The molecular formula is C30H27N3O4S. The molecular weight excluding hydrogens is 498 g/mol. The molecule has 0 saturated carbocycles. The zero-order chi connectivity index (χ0) is 26.8. The highest BCUT2D eigenvalue weighted by Gasteiger charge is 2.48. The average molecular weight is 526 g/mol. The van der Waals surface area contributed by atoms with Crippen LogP contribution in [0.4, 0.5) is 5.13 Å². The zero-order valence-electron chi connectivity index (χ0n) is 21.3. The molecule has 7 nitrogen and oxygen atoms in total. The Morgan fingerprint density at radius 2 is 1.71 bits per heavy atom. The van der Waals surface area contributed by atoms with Crippen LogP contribution in [-0.4, -0.2) is 27.0 Å². The molecule has 1 N–H and O–H groups in total. The van der Waals surface area contributed by atoms with Crippen LogP contribution in [0.1, 0.15) is 45.8 Å². The first-order valence-corrected chi connectivity index (χ1v) is 13.2. The van der Waals surface area contributed by atoms with Crippen molar-refractivity contribution in [1.29, 1.82) is 0 Å². The molecule has 4 aromatic rings. The lowest BCUT2D eigenvalue weighted by Crippen LogP contribution is -2.29. The summed E-state index contributed by atoms with van der Waals surface area (Å²) in [6, 6.07) is 21.8. The van der Waals surface area contributed by atoms with Gasteiger partial charge >= 0.3 is 5.91 Å². The third-order valence-corrected chi connectivity index (χ3v) is 7.32. The summed E-state index contributed by atoms with van der Waals surface area (Å²) in [5, 5.41) is 20.5. The summed E-state index contributed by atoms with van der Waals surface area (Å²) in [7, 11) is 0. The van der Waals surface area contributed by atoms with Crippen LogP contribution in [0.2, 0.25) is 0 Å².